The van der Waals surface area contributed by atoms with Crippen molar-refractivity contribution in [3.63, 3.8) is 0 Å². The van der Waals surface area contributed by atoms with Crippen molar-refractivity contribution in [1.29, 1.82) is 0 Å². The van der Waals surface area contributed by atoms with E-state index in [0.29, 0.717) is 12.1 Å². The van der Waals surface area contributed by atoms with Crippen LogP contribution in [0.5, 0.6) is 0 Å². The highest BCUT2D eigenvalue weighted by Crippen LogP contribution is 2.29. The summed E-state index contributed by atoms with van der Waals surface area (Å²) in [4.78, 5) is 17.2. The molecule has 0 saturated carbocycles. The summed E-state index contributed by atoms with van der Waals surface area (Å²) in [5, 5.41) is 12.9. The van der Waals surface area contributed by atoms with E-state index in [0.717, 1.165) is 17.4 Å². The van der Waals surface area contributed by atoms with Gasteiger partial charge in [0.1, 0.15) is 6.10 Å². The molecule has 2 N–H and O–H groups in total. The maximum atomic E-state index is 12.0. The Labute approximate surface area is 147 Å². The number of hydrogen-bond acceptors (Lipinski definition) is 6. The SMILES string of the molecule is CC=Cc1ccc(C2=NO[C@@H](C[C@](C)(C(=O)NO)S(C)(=O)=O)C2)cc1. The van der Waals surface area contributed by atoms with Gasteiger partial charge in [-0.25, -0.2) is 13.9 Å². The van der Waals surface area contributed by atoms with Crippen LogP contribution < -0.4 is 5.48 Å². The molecule has 0 unspecified atom stereocenters. The lowest BCUT2D eigenvalue weighted by atomic mass is 9.96. The molecule has 0 bridgehead atoms. The molecule has 1 aliphatic heterocycles. The van der Waals surface area contributed by atoms with Gasteiger partial charge in [-0.3, -0.25) is 10.0 Å². The Kier molecular flexibility index (Phi) is 5.64. The van der Waals surface area contributed by atoms with Gasteiger partial charge in [-0.1, -0.05) is 41.6 Å². The van der Waals surface area contributed by atoms with Crippen LogP contribution in [-0.2, 0) is 19.5 Å². The van der Waals surface area contributed by atoms with Gasteiger partial charge in [0.15, 0.2) is 14.6 Å². The summed E-state index contributed by atoms with van der Waals surface area (Å²) in [6, 6.07) is 7.72. The quantitative estimate of drug-likeness (QED) is 0.591. The smallest absolute Gasteiger partial charge is 0.264 e. The van der Waals surface area contributed by atoms with E-state index in [2.05, 4.69) is 5.16 Å². The fraction of sp³-hybridized carbons (Fsp3) is 0.412. The Hall–Kier alpha value is -2.19. The van der Waals surface area contributed by atoms with Gasteiger partial charge in [0.25, 0.3) is 5.91 Å². The first kappa shape index (κ1) is 19.1. The molecular formula is C17H22N2O5S. The van der Waals surface area contributed by atoms with E-state index in [9.17, 15) is 13.2 Å². The van der Waals surface area contributed by atoms with E-state index in [1.807, 2.05) is 43.3 Å². The summed E-state index contributed by atoms with van der Waals surface area (Å²) in [5.74, 6) is -0.984. The standard InChI is InChI=1S/C17H22N2O5S/c1-4-5-12-6-8-13(9-7-12)15-10-14(24-19-15)11-17(2,16(20)18-21)25(3,22)23/h4-9,14,21H,10-11H2,1-3H3,(H,18,20)/t14-,17-/m1/s1. The zero-order chi connectivity index (χ0) is 18.7. The number of rotatable bonds is 6. The number of nitrogens with one attached hydrogen (secondary N) is 1. The maximum Gasteiger partial charge on any atom is 0.264 e. The molecule has 7 nitrogen and oxygen atoms in total. The average molecular weight is 366 g/mol. The molecule has 0 aliphatic carbocycles. The van der Waals surface area contributed by atoms with Gasteiger partial charge >= 0.3 is 0 Å². The molecule has 0 fully saturated rings. The van der Waals surface area contributed by atoms with E-state index < -0.39 is 26.6 Å². The summed E-state index contributed by atoms with van der Waals surface area (Å²) in [6.45, 7) is 3.20. The van der Waals surface area contributed by atoms with Crippen molar-refractivity contribution in [2.45, 2.75) is 37.5 Å². The van der Waals surface area contributed by atoms with Gasteiger partial charge in [0.05, 0.1) is 5.71 Å². The molecule has 2 rings (SSSR count). The number of oxime groups is 1. The number of carbonyl (C=O) groups excluding carboxylic acids is 1. The predicted molar refractivity (Wildman–Crippen MR) is 95.0 cm³/mol. The third-order valence-electron chi connectivity index (χ3n) is 4.35. The first-order valence-corrected chi connectivity index (χ1v) is 9.70. The average Bonchev–Trinajstić information content (AvgIpc) is 3.02. The van der Waals surface area contributed by atoms with Crippen LogP contribution in [0.15, 0.2) is 35.5 Å². The van der Waals surface area contributed by atoms with Crippen molar-refractivity contribution in [3.05, 3.63) is 41.5 Å². The predicted octanol–water partition coefficient (Wildman–Crippen LogP) is 1.91. The number of carbonyl (C=O) groups is 1. The fourth-order valence-electron chi connectivity index (χ4n) is 2.65. The van der Waals surface area contributed by atoms with Gasteiger partial charge in [0, 0.05) is 19.1 Å². The summed E-state index contributed by atoms with van der Waals surface area (Å²) < 4.78 is 22.2. The van der Waals surface area contributed by atoms with E-state index in [-0.39, 0.29) is 6.42 Å². The highest BCUT2D eigenvalue weighted by Gasteiger charge is 2.47. The first-order chi connectivity index (χ1) is 11.7. The zero-order valence-electron chi connectivity index (χ0n) is 14.4. The van der Waals surface area contributed by atoms with Crippen molar-refractivity contribution in [2.24, 2.45) is 5.16 Å². The molecule has 136 valence electrons. The summed E-state index contributed by atoms with van der Waals surface area (Å²) in [5.41, 5.74) is 4.06. The van der Waals surface area contributed by atoms with Gasteiger partial charge in [-0.05, 0) is 25.0 Å². The largest absolute Gasteiger partial charge is 0.392 e. The van der Waals surface area contributed by atoms with Crippen molar-refractivity contribution < 1.29 is 23.3 Å². The molecule has 0 saturated heterocycles. The number of allylic oxidation sites excluding steroid dienone is 1. The molecule has 0 spiro atoms. The highest BCUT2D eigenvalue weighted by atomic mass is 32.2. The number of sulfone groups is 1. The van der Waals surface area contributed by atoms with Gasteiger partial charge in [-0.15, -0.1) is 0 Å². The number of nitrogens with zero attached hydrogens (tertiary/aromatic N) is 1. The minimum Gasteiger partial charge on any atom is -0.392 e. The highest BCUT2D eigenvalue weighted by molar-refractivity contribution is 7.92. The summed E-state index contributed by atoms with van der Waals surface area (Å²) >= 11 is 0. The van der Waals surface area contributed by atoms with Gasteiger partial charge in [0.2, 0.25) is 0 Å². The van der Waals surface area contributed by atoms with E-state index >= 15 is 0 Å². The second-order valence-corrected chi connectivity index (χ2v) is 8.68. The van der Waals surface area contributed by atoms with Crippen molar-refractivity contribution in [2.75, 3.05) is 6.26 Å². The van der Waals surface area contributed by atoms with Crippen LogP contribution in [0, 0.1) is 0 Å². The van der Waals surface area contributed by atoms with Crippen LogP contribution in [0.4, 0.5) is 0 Å². The van der Waals surface area contributed by atoms with Crippen LogP contribution >= 0.6 is 0 Å². The Morgan fingerprint density at radius 2 is 2.08 bits per heavy atom. The lowest BCUT2D eigenvalue weighted by Crippen LogP contribution is -2.51. The molecule has 1 heterocycles. The van der Waals surface area contributed by atoms with Crippen molar-refractivity contribution in [3.8, 4) is 0 Å². The Morgan fingerprint density at radius 1 is 1.44 bits per heavy atom. The summed E-state index contributed by atoms with van der Waals surface area (Å²) in [6.07, 6.45) is 4.58. The van der Waals surface area contributed by atoms with E-state index in [1.54, 1.807) is 0 Å². The second-order valence-electron chi connectivity index (χ2n) is 6.24. The Balaban J connectivity index is 2.12. The number of hydrogen-bond donors (Lipinski definition) is 2. The minimum atomic E-state index is -3.77. The zero-order valence-corrected chi connectivity index (χ0v) is 15.2. The molecule has 2 atom stereocenters. The molecule has 8 heteroatoms. The lowest BCUT2D eigenvalue weighted by molar-refractivity contribution is -0.132. The summed E-state index contributed by atoms with van der Waals surface area (Å²) in [7, 11) is -3.77. The minimum absolute atomic E-state index is 0.109. The second kappa shape index (κ2) is 7.37. The Bertz CT molecular complexity index is 799. The van der Waals surface area contributed by atoms with E-state index in [1.165, 1.54) is 12.4 Å². The molecule has 1 aliphatic rings. The van der Waals surface area contributed by atoms with Gasteiger partial charge < -0.3 is 4.84 Å². The van der Waals surface area contributed by atoms with Gasteiger partial charge in [-0.2, -0.15) is 0 Å². The molecule has 1 aromatic rings. The first-order valence-electron chi connectivity index (χ1n) is 7.81. The molecular weight excluding hydrogens is 344 g/mol. The maximum absolute atomic E-state index is 12.0. The van der Waals surface area contributed by atoms with Crippen LogP contribution in [0.1, 0.15) is 37.8 Å². The van der Waals surface area contributed by atoms with E-state index in [4.69, 9.17) is 10.0 Å². The molecule has 25 heavy (non-hydrogen) atoms. The van der Waals surface area contributed by atoms with Crippen molar-refractivity contribution in [1.82, 2.24) is 5.48 Å². The molecule has 0 radical (unpaired) electrons. The van der Waals surface area contributed by atoms with Crippen LogP contribution in [0.3, 0.4) is 0 Å². The molecule has 1 aromatic carbocycles. The monoisotopic (exact) mass is 366 g/mol. The number of hydroxylamine groups is 1. The normalized spacial score (nSPS) is 20.0. The third kappa shape index (κ3) is 4.08. The van der Waals surface area contributed by atoms with Crippen LogP contribution in [0.2, 0.25) is 0 Å². The third-order valence-corrected chi connectivity index (χ3v) is 6.34. The Morgan fingerprint density at radius 3 is 2.60 bits per heavy atom. The molecule has 0 aromatic heterocycles. The van der Waals surface area contributed by atoms with Crippen LogP contribution in [-0.4, -0.2) is 42.4 Å². The number of benzene rings is 1. The van der Waals surface area contributed by atoms with Crippen molar-refractivity contribution >= 4 is 27.5 Å². The molecule has 1 amide bonds. The number of amides is 1. The lowest BCUT2D eigenvalue weighted by Gasteiger charge is -2.26. The van der Waals surface area contributed by atoms with Crippen LogP contribution in [0.25, 0.3) is 6.08 Å². The topological polar surface area (TPSA) is 105 Å². The fourth-order valence-corrected chi connectivity index (χ4v) is 3.52.